The van der Waals surface area contributed by atoms with Crippen LogP contribution in [0.1, 0.15) is 22.3 Å². The molecule has 3 rings (SSSR count). The van der Waals surface area contributed by atoms with E-state index in [-0.39, 0.29) is 38.6 Å². The first-order valence-electron chi connectivity index (χ1n) is 10.2. The number of sulfonamides is 1. The lowest BCUT2D eigenvalue weighted by Gasteiger charge is -2.34. The van der Waals surface area contributed by atoms with Crippen molar-refractivity contribution in [2.24, 2.45) is 0 Å². The summed E-state index contributed by atoms with van der Waals surface area (Å²) in [7, 11) is -4.31. The van der Waals surface area contributed by atoms with Gasteiger partial charge in [-0.25, -0.2) is 8.42 Å². The molecule has 0 unspecified atom stereocenters. The topological polar surface area (TPSA) is 69.7 Å². The highest BCUT2D eigenvalue weighted by molar-refractivity contribution is 7.89. The van der Waals surface area contributed by atoms with Gasteiger partial charge in [-0.15, -0.1) is 0 Å². The second-order valence-electron chi connectivity index (χ2n) is 8.00. The number of carbonyl (C=O) groups excluding carboxylic acids is 1. The summed E-state index contributed by atoms with van der Waals surface area (Å²) in [6, 6.07) is 8.14. The normalized spacial score (nSPS) is 16.2. The molecule has 174 valence electrons. The zero-order chi connectivity index (χ0) is 23.7. The molecular weight excluding hydrogens is 443 g/mol. The van der Waals surface area contributed by atoms with E-state index >= 15 is 0 Å². The first-order chi connectivity index (χ1) is 14.9. The van der Waals surface area contributed by atoms with Crippen LogP contribution in [0.25, 0.3) is 0 Å². The molecule has 0 spiro atoms. The number of carbonyl (C=O) groups is 1. The molecule has 0 atom stereocenters. The van der Waals surface area contributed by atoms with Gasteiger partial charge in [0, 0.05) is 31.9 Å². The summed E-state index contributed by atoms with van der Waals surface area (Å²) in [5.41, 5.74) is 2.59. The monoisotopic (exact) mass is 469 g/mol. The number of hydrogen-bond acceptors (Lipinski definition) is 4. The van der Waals surface area contributed by atoms with Gasteiger partial charge in [0.25, 0.3) is 0 Å². The number of halogens is 3. The van der Waals surface area contributed by atoms with Crippen molar-refractivity contribution in [2.75, 3.05) is 38.0 Å². The van der Waals surface area contributed by atoms with E-state index in [1.807, 2.05) is 32.9 Å². The first kappa shape index (κ1) is 24.2. The summed E-state index contributed by atoms with van der Waals surface area (Å²) in [4.78, 5) is 13.6. The molecule has 6 nitrogen and oxygen atoms in total. The zero-order valence-corrected chi connectivity index (χ0v) is 19.0. The zero-order valence-electron chi connectivity index (χ0n) is 18.2. The number of hydrogen-bond donors (Lipinski definition) is 1. The predicted molar refractivity (Wildman–Crippen MR) is 116 cm³/mol. The fraction of sp³-hybridized carbons (Fsp3) is 0.409. The average molecular weight is 470 g/mol. The van der Waals surface area contributed by atoms with Crippen LogP contribution in [-0.4, -0.2) is 56.3 Å². The molecule has 1 amide bonds. The molecule has 1 fully saturated rings. The molecule has 0 aliphatic carbocycles. The van der Waals surface area contributed by atoms with Gasteiger partial charge >= 0.3 is 6.18 Å². The number of aryl methyl sites for hydroxylation is 3. The van der Waals surface area contributed by atoms with Crippen molar-refractivity contribution in [1.29, 1.82) is 0 Å². The molecule has 2 aromatic carbocycles. The Morgan fingerprint density at radius 2 is 1.56 bits per heavy atom. The van der Waals surface area contributed by atoms with Crippen molar-refractivity contribution in [1.82, 2.24) is 9.21 Å². The summed E-state index contributed by atoms with van der Waals surface area (Å²) >= 11 is 0. The lowest BCUT2D eigenvalue weighted by molar-refractivity contribution is -0.140. The standard InChI is InChI=1S/C22H26F3N3O3S/c1-15-12-16(2)21(17(3)13-15)26-20(29)14-27-8-10-28(11-9-27)32(30,31)19-7-5-4-6-18(19)22(23,24)25/h4-7,12-13H,8-11,14H2,1-3H3,(H,26,29). The molecule has 2 aromatic rings. The van der Waals surface area contributed by atoms with Gasteiger partial charge in [0.1, 0.15) is 0 Å². The van der Waals surface area contributed by atoms with Gasteiger partial charge in [-0.2, -0.15) is 17.5 Å². The lowest BCUT2D eigenvalue weighted by Crippen LogP contribution is -2.50. The Hall–Kier alpha value is -2.43. The molecular formula is C22H26F3N3O3S. The van der Waals surface area contributed by atoms with E-state index in [1.165, 1.54) is 6.07 Å². The number of benzene rings is 2. The molecule has 1 aliphatic rings. The van der Waals surface area contributed by atoms with Crippen LogP contribution in [0.15, 0.2) is 41.3 Å². The SMILES string of the molecule is Cc1cc(C)c(NC(=O)CN2CCN(S(=O)(=O)c3ccccc3C(F)(F)F)CC2)c(C)c1. The predicted octanol–water partition coefficient (Wildman–Crippen LogP) is 3.58. The highest BCUT2D eigenvalue weighted by Crippen LogP contribution is 2.35. The number of nitrogens with one attached hydrogen (secondary N) is 1. The van der Waals surface area contributed by atoms with Crippen LogP contribution in [0.2, 0.25) is 0 Å². The van der Waals surface area contributed by atoms with Gasteiger partial charge in [-0.1, -0.05) is 29.8 Å². The molecule has 0 radical (unpaired) electrons. The van der Waals surface area contributed by atoms with Gasteiger partial charge in [0.05, 0.1) is 17.0 Å². The van der Waals surface area contributed by atoms with Crippen molar-refractivity contribution >= 4 is 21.6 Å². The quantitative estimate of drug-likeness (QED) is 0.727. The van der Waals surface area contributed by atoms with Crippen molar-refractivity contribution < 1.29 is 26.4 Å². The van der Waals surface area contributed by atoms with Crippen LogP contribution >= 0.6 is 0 Å². The summed E-state index contributed by atoms with van der Waals surface area (Å²) in [5.74, 6) is -0.223. The second kappa shape index (κ2) is 9.21. The number of piperazine rings is 1. The Morgan fingerprint density at radius 1 is 1.00 bits per heavy atom. The van der Waals surface area contributed by atoms with Gasteiger partial charge in [0.15, 0.2) is 0 Å². The van der Waals surface area contributed by atoms with E-state index in [0.717, 1.165) is 44.9 Å². The minimum atomic E-state index is -4.77. The minimum absolute atomic E-state index is 0.00436. The maximum absolute atomic E-state index is 13.3. The van der Waals surface area contributed by atoms with Crippen LogP contribution in [-0.2, 0) is 21.0 Å². The first-order valence-corrected chi connectivity index (χ1v) is 11.6. The molecule has 1 N–H and O–H groups in total. The van der Waals surface area contributed by atoms with E-state index in [4.69, 9.17) is 0 Å². The van der Waals surface area contributed by atoms with Crippen molar-refractivity contribution in [3.8, 4) is 0 Å². The van der Waals surface area contributed by atoms with E-state index < -0.39 is 26.7 Å². The summed E-state index contributed by atoms with van der Waals surface area (Å²) in [6.07, 6.45) is -4.77. The number of rotatable bonds is 5. The lowest BCUT2D eigenvalue weighted by atomic mass is 10.1. The van der Waals surface area contributed by atoms with Gasteiger partial charge < -0.3 is 5.32 Å². The largest absolute Gasteiger partial charge is 0.417 e. The van der Waals surface area contributed by atoms with Crippen LogP contribution in [0.5, 0.6) is 0 Å². The van der Waals surface area contributed by atoms with Crippen molar-refractivity contribution in [3.63, 3.8) is 0 Å². The minimum Gasteiger partial charge on any atom is -0.324 e. The number of amides is 1. The van der Waals surface area contributed by atoms with Crippen molar-refractivity contribution in [2.45, 2.75) is 31.8 Å². The molecule has 1 saturated heterocycles. The average Bonchev–Trinajstić information content (AvgIpc) is 2.70. The maximum Gasteiger partial charge on any atom is 0.417 e. The fourth-order valence-electron chi connectivity index (χ4n) is 3.95. The van der Waals surface area contributed by atoms with Crippen LogP contribution < -0.4 is 5.32 Å². The van der Waals surface area contributed by atoms with Crippen LogP contribution in [0.3, 0.4) is 0 Å². The Balaban J connectivity index is 1.64. The molecule has 0 saturated carbocycles. The summed E-state index contributed by atoms with van der Waals surface area (Å²) < 4.78 is 66.6. The molecule has 10 heteroatoms. The highest BCUT2D eigenvalue weighted by Gasteiger charge is 2.39. The maximum atomic E-state index is 13.3. The molecule has 0 aromatic heterocycles. The molecule has 0 bridgehead atoms. The Kier molecular flexibility index (Phi) is 6.97. The molecule has 1 aliphatic heterocycles. The van der Waals surface area contributed by atoms with Crippen LogP contribution in [0, 0.1) is 20.8 Å². The highest BCUT2D eigenvalue weighted by atomic mass is 32.2. The smallest absolute Gasteiger partial charge is 0.324 e. The number of nitrogens with zero attached hydrogens (tertiary/aromatic N) is 2. The Morgan fingerprint density at radius 3 is 2.12 bits per heavy atom. The number of alkyl halides is 3. The molecule has 1 heterocycles. The fourth-order valence-corrected chi connectivity index (χ4v) is 5.59. The summed E-state index contributed by atoms with van der Waals surface area (Å²) in [5, 5.41) is 2.91. The summed E-state index contributed by atoms with van der Waals surface area (Å²) in [6.45, 7) is 6.37. The third kappa shape index (κ3) is 5.31. The van der Waals surface area contributed by atoms with Gasteiger partial charge in [0.2, 0.25) is 15.9 Å². The third-order valence-corrected chi connectivity index (χ3v) is 7.41. The van der Waals surface area contributed by atoms with E-state index in [0.29, 0.717) is 0 Å². The van der Waals surface area contributed by atoms with Crippen LogP contribution in [0.4, 0.5) is 18.9 Å². The Bertz CT molecular complexity index is 1090. The third-order valence-electron chi connectivity index (χ3n) is 5.45. The molecule has 32 heavy (non-hydrogen) atoms. The van der Waals surface area contributed by atoms with Gasteiger partial charge in [-0.3, -0.25) is 9.69 Å². The Labute approximate surface area is 186 Å². The van der Waals surface area contributed by atoms with E-state index in [9.17, 15) is 26.4 Å². The van der Waals surface area contributed by atoms with E-state index in [1.54, 1.807) is 4.90 Å². The number of anilines is 1. The second-order valence-corrected chi connectivity index (χ2v) is 9.90. The van der Waals surface area contributed by atoms with Gasteiger partial charge in [-0.05, 0) is 44.0 Å². The van der Waals surface area contributed by atoms with E-state index in [2.05, 4.69) is 5.32 Å². The van der Waals surface area contributed by atoms with Crippen molar-refractivity contribution in [3.05, 3.63) is 58.7 Å².